The summed E-state index contributed by atoms with van der Waals surface area (Å²) in [5.41, 5.74) is 1.31. The highest BCUT2D eigenvalue weighted by molar-refractivity contribution is 5.86. The van der Waals surface area contributed by atoms with Crippen LogP contribution in [-0.2, 0) is 0 Å². The largest absolute Gasteiger partial charge is 0.372 e. The number of nitrogens with one attached hydrogen (secondary N) is 2. The van der Waals surface area contributed by atoms with Crippen LogP contribution in [0.2, 0.25) is 0 Å². The van der Waals surface area contributed by atoms with Crippen molar-refractivity contribution < 1.29 is 0 Å². The SMILES string of the molecule is C1=CNC(c2cccc3ccccc23)NC1. The third kappa shape index (κ3) is 1.57. The minimum Gasteiger partial charge on any atom is -0.372 e. The molecule has 0 radical (unpaired) electrons. The summed E-state index contributed by atoms with van der Waals surface area (Å²) in [5, 5.41) is 9.37. The van der Waals surface area contributed by atoms with Crippen molar-refractivity contribution in [1.82, 2.24) is 10.6 Å². The zero-order valence-electron chi connectivity index (χ0n) is 8.98. The fraction of sp³-hybridized carbons (Fsp3) is 0.143. The Balaban J connectivity index is 2.12. The molecule has 1 aliphatic rings. The second-order valence-electron chi connectivity index (χ2n) is 3.98. The van der Waals surface area contributed by atoms with E-state index in [9.17, 15) is 0 Å². The van der Waals surface area contributed by atoms with E-state index in [0.29, 0.717) is 0 Å². The van der Waals surface area contributed by atoms with Gasteiger partial charge in [0.25, 0.3) is 0 Å². The first kappa shape index (κ1) is 9.43. The molecule has 0 saturated carbocycles. The molecule has 16 heavy (non-hydrogen) atoms. The van der Waals surface area contributed by atoms with Crippen LogP contribution in [0, 0.1) is 0 Å². The van der Waals surface area contributed by atoms with Gasteiger partial charge in [-0.05, 0) is 22.5 Å². The molecule has 2 heteroatoms. The van der Waals surface area contributed by atoms with Crippen LogP contribution in [0.25, 0.3) is 10.8 Å². The van der Waals surface area contributed by atoms with Crippen LogP contribution in [0.4, 0.5) is 0 Å². The van der Waals surface area contributed by atoms with Gasteiger partial charge in [0, 0.05) is 6.54 Å². The highest BCUT2D eigenvalue weighted by Crippen LogP contribution is 2.23. The molecule has 1 heterocycles. The maximum absolute atomic E-state index is 3.43. The molecule has 0 aromatic heterocycles. The van der Waals surface area contributed by atoms with Gasteiger partial charge in [-0.2, -0.15) is 0 Å². The van der Waals surface area contributed by atoms with E-state index in [-0.39, 0.29) is 6.17 Å². The Morgan fingerprint density at radius 2 is 1.88 bits per heavy atom. The lowest BCUT2D eigenvalue weighted by Crippen LogP contribution is -2.34. The standard InChI is InChI=1S/C14H14N2/c1-2-7-12-11(5-1)6-3-8-13(12)14-15-9-4-10-16-14/h1-9,14-16H,10H2. The predicted octanol–water partition coefficient (Wildman–Crippen LogP) is 2.54. The molecule has 0 amide bonds. The highest BCUT2D eigenvalue weighted by atomic mass is 15.1. The average molecular weight is 210 g/mol. The fourth-order valence-corrected chi connectivity index (χ4v) is 2.17. The fourth-order valence-electron chi connectivity index (χ4n) is 2.17. The second kappa shape index (κ2) is 3.99. The third-order valence-corrected chi connectivity index (χ3v) is 2.95. The minimum absolute atomic E-state index is 0.219. The van der Waals surface area contributed by atoms with Crippen molar-refractivity contribution in [1.29, 1.82) is 0 Å². The van der Waals surface area contributed by atoms with Gasteiger partial charge in [0.05, 0.1) is 0 Å². The van der Waals surface area contributed by atoms with Crippen LogP contribution in [0.5, 0.6) is 0 Å². The van der Waals surface area contributed by atoms with Gasteiger partial charge in [-0.15, -0.1) is 0 Å². The molecule has 0 saturated heterocycles. The van der Waals surface area contributed by atoms with Gasteiger partial charge >= 0.3 is 0 Å². The van der Waals surface area contributed by atoms with Gasteiger partial charge in [0.2, 0.25) is 0 Å². The summed E-state index contributed by atoms with van der Waals surface area (Å²) in [4.78, 5) is 0. The summed E-state index contributed by atoms with van der Waals surface area (Å²) in [6.07, 6.45) is 4.32. The summed E-state index contributed by atoms with van der Waals surface area (Å²) < 4.78 is 0. The van der Waals surface area contributed by atoms with E-state index < -0.39 is 0 Å². The van der Waals surface area contributed by atoms with Gasteiger partial charge in [-0.1, -0.05) is 48.5 Å². The van der Waals surface area contributed by atoms with Crippen molar-refractivity contribution in [3.05, 3.63) is 60.3 Å². The molecule has 1 atom stereocenters. The second-order valence-corrected chi connectivity index (χ2v) is 3.98. The molecule has 1 unspecified atom stereocenters. The monoisotopic (exact) mass is 210 g/mol. The zero-order chi connectivity index (χ0) is 10.8. The Morgan fingerprint density at radius 1 is 1.00 bits per heavy atom. The third-order valence-electron chi connectivity index (χ3n) is 2.95. The van der Waals surface area contributed by atoms with Crippen molar-refractivity contribution in [3.63, 3.8) is 0 Å². The summed E-state index contributed by atoms with van der Waals surface area (Å²) in [5.74, 6) is 0. The molecule has 2 aromatic carbocycles. The molecular weight excluding hydrogens is 196 g/mol. The molecule has 0 spiro atoms. The Kier molecular flexibility index (Phi) is 2.35. The van der Waals surface area contributed by atoms with Crippen molar-refractivity contribution in [2.45, 2.75) is 6.17 Å². The molecule has 2 aromatic rings. The van der Waals surface area contributed by atoms with Crippen molar-refractivity contribution in [2.75, 3.05) is 6.54 Å². The molecule has 80 valence electrons. The lowest BCUT2D eigenvalue weighted by molar-refractivity contribution is 0.501. The summed E-state index contributed by atoms with van der Waals surface area (Å²) in [7, 11) is 0. The first-order valence-corrected chi connectivity index (χ1v) is 5.57. The van der Waals surface area contributed by atoms with Crippen LogP contribution < -0.4 is 10.6 Å². The first-order chi connectivity index (χ1) is 7.95. The van der Waals surface area contributed by atoms with E-state index in [1.807, 2.05) is 6.20 Å². The molecule has 2 nitrogen and oxygen atoms in total. The molecular formula is C14H14N2. The Hall–Kier alpha value is -1.80. The van der Waals surface area contributed by atoms with Gasteiger partial charge < -0.3 is 5.32 Å². The van der Waals surface area contributed by atoms with Crippen LogP contribution in [0.1, 0.15) is 11.7 Å². The molecule has 0 fully saturated rings. The average Bonchev–Trinajstić information content (AvgIpc) is 2.39. The number of hydrogen-bond donors (Lipinski definition) is 2. The summed E-state index contributed by atoms with van der Waals surface area (Å²) in [6.45, 7) is 0.918. The smallest absolute Gasteiger partial charge is 0.104 e. The van der Waals surface area contributed by atoms with E-state index >= 15 is 0 Å². The lowest BCUT2D eigenvalue weighted by Gasteiger charge is -2.23. The molecule has 0 aliphatic carbocycles. The lowest BCUT2D eigenvalue weighted by atomic mass is 10.0. The molecule has 1 aliphatic heterocycles. The quantitative estimate of drug-likeness (QED) is 0.756. The highest BCUT2D eigenvalue weighted by Gasteiger charge is 2.12. The van der Waals surface area contributed by atoms with Gasteiger partial charge in [0.1, 0.15) is 6.17 Å². The van der Waals surface area contributed by atoms with Crippen LogP contribution in [0.3, 0.4) is 0 Å². The predicted molar refractivity (Wildman–Crippen MR) is 67.0 cm³/mol. The van der Waals surface area contributed by atoms with Crippen LogP contribution in [0.15, 0.2) is 54.7 Å². The number of benzene rings is 2. The number of hydrogen-bond acceptors (Lipinski definition) is 2. The first-order valence-electron chi connectivity index (χ1n) is 5.57. The summed E-state index contributed by atoms with van der Waals surface area (Å²) in [6, 6.07) is 14.9. The minimum atomic E-state index is 0.219. The van der Waals surface area contributed by atoms with E-state index in [1.54, 1.807) is 0 Å². The van der Waals surface area contributed by atoms with Gasteiger partial charge in [-0.3, -0.25) is 5.32 Å². The van der Waals surface area contributed by atoms with Gasteiger partial charge in [0.15, 0.2) is 0 Å². The number of fused-ring (bicyclic) bond motifs is 1. The normalized spacial score (nSPS) is 19.6. The van der Waals surface area contributed by atoms with Crippen LogP contribution >= 0.6 is 0 Å². The Labute approximate surface area is 95.0 Å². The van der Waals surface area contributed by atoms with Crippen molar-refractivity contribution >= 4 is 10.8 Å². The van der Waals surface area contributed by atoms with E-state index in [2.05, 4.69) is 59.2 Å². The van der Waals surface area contributed by atoms with E-state index in [0.717, 1.165) is 6.54 Å². The van der Waals surface area contributed by atoms with E-state index in [1.165, 1.54) is 16.3 Å². The maximum Gasteiger partial charge on any atom is 0.104 e. The summed E-state index contributed by atoms with van der Waals surface area (Å²) >= 11 is 0. The van der Waals surface area contributed by atoms with Crippen molar-refractivity contribution in [3.8, 4) is 0 Å². The van der Waals surface area contributed by atoms with Gasteiger partial charge in [-0.25, -0.2) is 0 Å². The number of rotatable bonds is 1. The topological polar surface area (TPSA) is 24.1 Å². The molecule has 0 bridgehead atoms. The van der Waals surface area contributed by atoms with Crippen LogP contribution in [-0.4, -0.2) is 6.54 Å². The molecule has 3 rings (SSSR count). The molecule has 2 N–H and O–H groups in total. The Morgan fingerprint density at radius 3 is 2.75 bits per heavy atom. The Bertz CT molecular complexity index is 526. The van der Waals surface area contributed by atoms with Crippen molar-refractivity contribution in [2.24, 2.45) is 0 Å². The van der Waals surface area contributed by atoms with E-state index in [4.69, 9.17) is 0 Å². The maximum atomic E-state index is 3.43. The zero-order valence-corrected chi connectivity index (χ0v) is 8.98.